The van der Waals surface area contributed by atoms with Crippen molar-refractivity contribution in [1.29, 1.82) is 0 Å². The van der Waals surface area contributed by atoms with Crippen molar-refractivity contribution in [3.05, 3.63) is 47.2 Å². The smallest absolute Gasteiger partial charge is 0.354 e. The van der Waals surface area contributed by atoms with Crippen LogP contribution in [0.4, 0.5) is 11.4 Å². The van der Waals surface area contributed by atoms with Gasteiger partial charge in [0.2, 0.25) is 0 Å². The fourth-order valence-electron chi connectivity index (χ4n) is 2.10. The van der Waals surface area contributed by atoms with Crippen molar-refractivity contribution in [2.45, 2.75) is 0 Å². The van der Waals surface area contributed by atoms with Crippen molar-refractivity contribution in [3.8, 4) is 0 Å². The highest BCUT2D eigenvalue weighted by Gasteiger charge is 2.28. The largest absolute Gasteiger partial charge is 0.362 e. The lowest BCUT2D eigenvalue weighted by Gasteiger charge is -2.19. The molecule has 0 spiro atoms. The molecule has 2 aromatic rings. The Bertz CT molecular complexity index is 810. The number of benzene rings is 1. The fraction of sp³-hybridized carbons (Fsp3) is 0.200. The highest BCUT2D eigenvalue weighted by molar-refractivity contribution is 7.62. The predicted octanol–water partition coefficient (Wildman–Crippen LogP) is 2.88. The van der Waals surface area contributed by atoms with Crippen LogP contribution in [-0.4, -0.2) is 32.2 Å². The second-order valence-electron chi connectivity index (χ2n) is 4.69. The Morgan fingerprint density at radius 3 is 2.48 bits per heavy atom. The zero-order chi connectivity index (χ0) is 18.4. The van der Waals surface area contributed by atoms with Crippen molar-refractivity contribution in [2.75, 3.05) is 26.6 Å². The van der Waals surface area contributed by atoms with Crippen molar-refractivity contribution >= 4 is 41.8 Å². The Morgan fingerprint density at radius 2 is 1.84 bits per heavy atom. The first-order valence-corrected chi connectivity index (χ1v) is 8.94. The van der Waals surface area contributed by atoms with E-state index in [1.54, 1.807) is 24.3 Å². The molecule has 1 heterocycles. The van der Waals surface area contributed by atoms with Gasteiger partial charge in [0.05, 0.1) is 29.4 Å². The zero-order valence-electron chi connectivity index (χ0n) is 13.8. The molecule has 0 atom stereocenters. The van der Waals surface area contributed by atoms with E-state index in [1.165, 1.54) is 33.6 Å². The van der Waals surface area contributed by atoms with E-state index >= 15 is 0 Å². The van der Waals surface area contributed by atoms with Crippen LogP contribution < -0.4 is 16.1 Å². The van der Waals surface area contributed by atoms with Gasteiger partial charge in [-0.05, 0) is 18.2 Å². The summed E-state index contributed by atoms with van der Waals surface area (Å²) in [6.07, 6.45) is 1.30. The molecule has 25 heavy (non-hydrogen) atoms. The number of nitrogens with zero attached hydrogens (tertiary/aromatic N) is 1. The van der Waals surface area contributed by atoms with Gasteiger partial charge in [0.15, 0.2) is 0 Å². The number of hydroxylamine groups is 1. The Morgan fingerprint density at radius 1 is 1.16 bits per heavy atom. The molecule has 10 heteroatoms. The molecular formula is C15H17ClN3O5P. The Balaban J connectivity index is 2.49. The molecule has 8 nitrogen and oxygen atoms in total. The molecule has 0 aliphatic heterocycles. The van der Waals surface area contributed by atoms with Gasteiger partial charge in [0, 0.05) is 20.4 Å². The van der Waals surface area contributed by atoms with E-state index in [0.717, 1.165) is 0 Å². The third kappa shape index (κ3) is 4.36. The number of aromatic nitrogens is 1. The Labute approximate surface area is 149 Å². The average molecular weight is 386 g/mol. The molecule has 2 rings (SSSR count). The molecule has 0 aliphatic carbocycles. The highest BCUT2D eigenvalue weighted by atomic mass is 35.5. The molecule has 134 valence electrons. The molecule has 0 aliphatic rings. The maximum absolute atomic E-state index is 12.7. The van der Waals surface area contributed by atoms with Crippen LogP contribution in [0.2, 0.25) is 5.15 Å². The highest BCUT2D eigenvalue weighted by Crippen LogP contribution is 2.47. The maximum atomic E-state index is 12.7. The van der Waals surface area contributed by atoms with Gasteiger partial charge in [-0.1, -0.05) is 23.7 Å². The summed E-state index contributed by atoms with van der Waals surface area (Å²) in [7, 11) is 0.396. The average Bonchev–Trinajstić information content (AvgIpc) is 2.62. The second-order valence-corrected chi connectivity index (χ2v) is 7.29. The van der Waals surface area contributed by atoms with Gasteiger partial charge in [-0.25, -0.2) is 10.5 Å². The van der Waals surface area contributed by atoms with Gasteiger partial charge in [-0.2, -0.15) is 0 Å². The van der Waals surface area contributed by atoms with Crippen LogP contribution >= 0.6 is 19.2 Å². The number of amides is 1. The Kier molecular flexibility index (Phi) is 6.52. The van der Waals surface area contributed by atoms with E-state index in [1.807, 2.05) is 0 Å². The molecule has 0 saturated heterocycles. The molecule has 2 N–H and O–H groups in total. The van der Waals surface area contributed by atoms with Gasteiger partial charge >= 0.3 is 7.60 Å². The summed E-state index contributed by atoms with van der Waals surface area (Å²) in [4.78, 5) is 20.6. The van der Waals surface area contributed by atoms with Crippen molar-refractivity contribution in [1.82, 2.24) is 10.5 Å². The lowest BCUT2D eigenvalue weighted by Crippen LogP contribution is -2.23. The minimum absolute atomic E-state index is 0.176. The van der Waals surface area contributed by atoms with Crippen molar-refractivity contribution < 1.29 is 23.2 Å². The third-order valence-corrected chi connectivity index (χ3v) is 5.41. The number of rotatable bonds is 7. The molecular weight excluding hydrogens is 369 g/mol. The van der Waals surface area contributed by atoms with Crippen LogP contribution in [0.25, 0.3) is 0 Å². The van der Waals surface area contributed by atoms with Gasteiger partial charge < -0.3 is 14.4 Å². The number of nitrogens with one attached hydrogen (secondary N) is 2. The maximum Gasteiger partial charge on any atom is 0.362 e. The molecule has 0 fully saturated rings. The van der Waals surface area contributed by atoms with E-state index in [2.05, 4.69) is 20.6 Å². The molecule has 0 radical (unpaired) electrons. The quantitative estimate of drug-likeness (QED) is 0.429. The first kappa shape index (κ1) is 19.4. The SMILES string of the molecule is CONC(=O)c1cnc(Cl)cc1Nc1ccccc1P(=O)(OC)OC. The predicted molar refractivity (Wildman–Crippen MR) is 94.7 cm³/mol. The number of hydrogen-bond acceptors (Lipinski definition) is 7. The van der Waals surface area contributed by atoms with Gasteiger partial charge in [-0.3, -0.25) is 14.2 Å². The standard InChI is InChI=1S/C15H17ClN3O5P/c1-22-19-15(20)10-9-17-14(16)8-12(10)18-11-6-4-5-7-13(11)25(21,23-2)24-3/h4-9H,1-3H3,(H,17,18)(H,19,20). The number of pyridine rings is 1. The monoisotopic (exact) mass is 385 g/mol. The summed E-state index contributed by atoms with van der Waals surface area (Å²) in [6, 6.07) is 8.18. The third-order valence-electron chi connectivity index (χ3n) is 3.26. The summed E-state index contributed by atoms with van der Waals surface area (Å²) in [6.45, 7) is 0. The van der Waals surface area contributed by atoms with Crippen LogP contribution in [-0.2, 0) is 18.5 Å². The molecule has 0 bridgehead atoms. The summed E-state index contributed by atoms with van der Waals surface area (Å²) in [5.41, 5.74) is 3.18. The normalized spacial score (nSPS) is 11.2. The minimum Gasteiger partial charge on any atom is -0.354 e. The summed E-state index contributed by atoms with van der Waals surface area (Å²) in [5, 5.41) is 3.51. The zero-order valence-corrected chi connectivity index (χ0v) is 15.4. The van der Waals surface area contributed by atoms with Crippen LogP contribution in [0, 0.1) is 0 Å². The molecule has 0 unspecified atom stereocenters. The lowest BCUT2D eigenvalue weighted by molar-refractivity contribution is 0.0538. The summed E-state index contributed by atoms with van der Waals surface area (Å²) < 4.78 is 22.8. The molecule has 1 aromatic heterocycles. The Hall–Kier alpha value is -1.96. The number of anilines is 2. The van der Waals surface area contributed by atoms with E-state index in [4.69, 9.17) is 20.6 Å². The number of hydrogen-bond donors (Lipinski definition) is 2. The van der Waals surface area contributed by atoms with Gasteiger partial charge in [0.25, 0.3) is 5.91 Å². The van der Waals surface area contributed by atoms with Gasteiger partial charge in [0.1, 0.15) is 5.15 Å². The van der Waals surface area contributed by atoms with E-state index in [9.17, 15) is 9.36 Å². The first-order valence-electron chi connectivity index (χ1n) is 7.02. The van der Waals surface area contributed by atoms with Crippen molar-refractivity contribution in [2.24, 2.45) is 0 Å². The van der Waals surface area contributed by atoms with E-state index in [0.29, 0.717) is 16.7 Å². The number of carbonyl (C=O) groups excluding carboxylic acids is 1. The fourth-order valence-corrected chi connectivity index (χ4v) is 3.49. The lowest BCUT2D eigenvalue weighted by atomic mass is 10.2. The number of carbonyl (C=O) groups is 1. The van der Waals surface area contributed by atoms with E-state index < -0.39 is 13.5 Å². The molecule has 1 amide bonds. The number of halogens is 1. The number of para-hydroxylation sites is 1. The summed E-state index contributed by atoms with van der Waals surface area (Å²) in [5.74, 6) is -0.520. The van der Waals surface area contributed by atoms with E-state index in [-0.39, 0.29) is 10.7 Å². The second kappa shape index (κ2) is 8.42. The first-order chi connectivity index (χ1) is 11.9. The van der Waals surface area contributed by atoms with Crippen LogP contribution in [0.5, 0.6) is 0 Å². The minimum atomic E-state index is -3.51. The topological polar surface area (TPSA) is 98.8 Å². The van der Waals surface area contributed by atoms with Crippen LogP contribution in [0.3, 0.4) is 0 Å². The van der Waals surface area contributed by atoms with Gasteiger partial charge in [-0.15, -0.1) is 0 Å². The summed E-state index contributed by atoms with van der Waals surface area (Å²) >= 11 is 5.93. The van der Waals surface area contributed by atoms with Crippen LogP contribution in [0.15, 0.2) is 36.5 Å². The van der Waals surface area contributed by atoms with Crippen molar-refractivity contribution in [3.63, 3.8) is 0 Å². The molecule has 0 saturated carbocycles. The van der Waals surface area contributed by atoms with Crippen LogP contribution in [0.1, 0.15) is 10.4 Å². The molecule has 1 aromatic carbocycles.